The predicted molar refractivity (Wildman–Crippen MR) is 120 cm³/mol. The monoisotopic (exact) mass is 451 g/mol. The largest absolute Gasteiger partial charge is 0.493 e. The lowest BCUT2D eigenvalue weighted by Crippen LogP contribution is -2.22. The molecule has 0 aliphatic rings. The van der Waals surface area contributed by atoms with Gasteiger partial charge in [-0.15, -0.1) is 16.4 Å². The fourth-order valence-electron chi connectivity index (χ4n) is 3.32. The predicted octanol–water partition coefficient (Wildman–Crippen LogP) is 3.35. The average Bonchev–Trinajstić information content (AvgIpc) is 3.55. The molecule has 1 amide bonds. The number of methoxy groups -OCH3 is 3. The molecular weight excluding hydrogens is 430 g/mol. The standard InChI is InChI=1S/C22H21N5O4S/c1-29-19-7-6-18(20(30-2)21(19)31-3)14-9-15(11-16(10-14)27-13-24-25-26-27)22(28)23-12-17-5-4-8-32-17/h4-11,13H,12H2,1-3H3,(H,23,28). The van der Waals surface area contributed by atoms with Crippen LogP contribution < -0.4 is 19.5 Å². The van der Waals surface area contributed by atoms with Gasteiger partial charge in [0.2, 0.25) is 5.75 Å². The molecule has 9 nitrogen and oxygen atoms in total. The van der Waals surface area contributed by atoms with E-state index in [1.54, 1.807) is 50.9 Å². The number of carbonyl (C=O) groups is 1. The van der Waals surface area contributed by atoms with Gasteiger partial charge >= 0.3 is 0 Å². The topological polar surface area (TPSA) is 100 Å². The molecule has 2 aromatic carbocycles. The van der Waals surface area contributed by atoms with Gasteiger partial charge in [0, 0.05) is 16.0 Å². The summed E-state index contributed by atoms with van der Waals surface area (Å²) in [7, 11) is 4.66. The number of carbonyl (C=O) groups excluding carboxylic acids is 1. The fourth-order valence-corrected chi connectivity index (χ4v) is 3.97. The van der Waals surface area contributed by atoms with Crippen molar-refractivity contribution in [3.63, 3.8) is 0 Å². The third-order valence-corrected chi connectivity index (χ3v) is 5.69. The van der Waals surface area contributed by atoms with E-state index in [2.05, 4.69) is 20.8 Å². The van der Waals surface area contributed by atoms with E-state index in [0.717, 1.165) is 16.0 Å². The minimum absolute atomic E-state index is 0.214. The van der Waals surface area contributed by atoms with Gasteiger partial charge in [-0.05, 0) is 57.8 Å². The van der Waals surface area contributed by atoms with Gasteiger partial charge in [-0.3, -0.25) is 4.79 Å². The Morgan fingerprint density at radius 1 is 1.06 bits per heavy atom. The van der Waals surface area contributed by atoms with Gasteiger partial charge in [-0.25, -0.2) is 4.68 Å². The smallest absolute Gasteiger partial charge is 0.251 e. The first-order valence-corrected chi connectivity index (χ1v) is 10.5. The number of hydrogen-bond donors (Lipinski definition) is 1. The molecule has 0 saturated carbocycles. The number of rotatable bonds is 8. The first-order chi connectivity index (χ1) is 15.6. The van der Waals surface area contributed by atoms with Crippen LogP contribution in [0.2, 0.25) is 0 Å². The maximum Gasteiger partial charge on any atom is 0.251 e. The molecule has 0 radical (unpaired) electrons. The van der Waals surface area contributed by atoms with Crippen LogP contribution in [0.3, 0.4) is 0 Å². The van der Waals surface area contributed by atoms with E-state index in [4.69, 9.17) is 14.2 Å². The number of amides is 1. The molecule has 0 aliphatic heterocycles. The molecule has 0 atom stereocenters. The van der Waals surface area contributed by atoms with Crippen molar-refractivity contribution in [1.29, 1.82) is 0 Å². The molecule has 32 heavy (non-hydrogen) atoms. The third-order valence-electron chi connectivity index (χ3n) is 4.81. The number of aromatic nitrogens is 4. The van der Waals surface area contributed by atoms with Crippen LogP contribution in [-0.2, 0) is 6.54 Å². The minimum Gasteiger partial charge on any atom is -0.493 e. The minimum atomic E-state index is -0.214. The zero-order valence-corrected chi connectivity index (χ0v) is 18.5. The van der Waals surface area contributed by atoms with Crippen LogP contribution in [0.1, 0.15) is 15.2 Å². The SMILES string of the molecule is COc1ccc(-c2cc(C(=O)NCc3cccs3)cc(-n3cnnn3)c2)c(OC)c1OC. The summed E-state index contributed by atoms with van der Waals surface area (Å²) in [4.78, 5) is 14.0. The van der Waals surface area contributed by atoms with E-state index < -0.39 is 0 Å². The molecule has 2 heterocycles. The molecule has 10 heteroatoms. The van der Waals surface area contributed by atoms with Crippen molar-refractivity contribution < 1.29 is 19.0 Å². The second kappa shape index (κ2) is 9.48. The van der Waals surface area contributed by atoms with Crippen LogP contribution in [0.4, 0.5) is 0 Å². The maximum absolute atomic E-state index is 13.0. The number of tetrazole rings is 1. The van der Waals surface area contributed by atoms with Gasteiger partial charge < -0.3 is 19.5 Å². The molecule has 164 valence electrons. The maximum atomic E-state index is 13.0. The van der Waals surface area contributed by atoms with Gasteiger partial charge in [0.1, 0.15) is 6.33 Å². The molecule has 0 unspecified atom stereocenters. The highest BCUT2D eigenvalue weighted by Gasteiger charge is 2.19. The van der Waals surface area contributed by atoms with Crippen molar-refractivity contribution >= 4 is 17.2 Å². The number of hydrogen-bond acceptors (Lipinski definition) is 8. The first kappa shape index (κ1) is 21.3. The summed E-state index contributed by atoms with van der Waals surface area (Å²) in [6.45, 7) is 0.445. The van der Waals surface area contributed by atoms with Crippen molar-refractivity contribution in [2.45, 2.75) is 6.54 Å². The summed E-state index contributed by atoms with van der Waals surface area (Å²) in [5.74, 6) is 1.28. The summed E-state index contributed by atoms with van der Waals surface area (Å²) in [6, 6.07) is 13.0. The van der Waals surface area contributed by atoms with Crippen molar-refractivity contribution in [1.82, 2.24) is 25.5 Å². The summed E-state index contributed by atoms with van der Waals surface area (Å²) in [5.41, 5.74) is 2.55. The van der Waals surface area contributed by atoms with E-state index in [0.29, 0.717) is 35.0 Å². The normalized spacial score (nSPS) is 10.6. The molecule has 0 fully saturated rings. The summed E-state index contributed by atoms with van der Waals surface area (Å²) in [5, 5.41) is 16.3. The quantitative estimate of drug-likeness (QED) is 0.438. The van der Waals surface area contributed by atoms with Crippen LogP contribution in [0.5, 0.6) is 17.2 Å². The Balaban J connectivity index is 1.79. The van der Waals surface area contributed by atoms with Gasteiger partial charge in [-0.2, -0.15) is 0 Å². The molecule has 0 spiro atoms. The zero-order chi connectivity index (χ0) is 22.5. The van der Waals surface area contributed by atoms with Crippen LogP contribution in [0.15, 0.2) is 54.2 Å². The highest BCUT2D eigenvalue weighted by Crippen LogP contribution is 2.44. The van der Waals surface area contributed by atoms with E-state index in [1.807, 2.05) is 29.6 Å². The number of nitrogens with one attached hydrogen (secondary N) is 1. The molecule has 0 saturated heterocycles. The fraction of sp³-hybridized carbons (Fsp3) is 0.182. The Hall–Kier alpha value is -3.92. The molecule has 0 bridgehead atoms. The molecule has 0 aliphatic carbocycles. The Kier molecular flexibility index (Phi) is 6.31. The number of ether oxygens (including phenoxy) is 3. The second-order valence-electron chi connectivity index (χ2n) is 6.67. The second-order valence-corrected chi connectivity index (χ2v) is 7.70. The Bertz CT molecular complexity index is 1210. The van der Waals surface area contributed by atoms with E-state index >= 15 is 0 Å². The highest BCUT2D eigenvalue weighted by molar-refractivity contribution is 7.09. The van der Waals surface area contributed by atoms with Crippen molar-refractivity contribution in [2.24, 2.45) is 0 Å². The van der Waals surface area contributed by atoms with E-state index in [9.17, 15) is 4.79 Å². The van der Waals surface area contributed by atoms with Crippen molar-refractivity contribution in [3.8, 4) is 34.1 Å². The van der Waals surface area contributed by atoms with Gasteiger partial charge in [0.15, 0.2) is 11.5 Å². The van der Waals surface area contributed by atoms with E-state index in [-0.39, 0.29) is 5.91 Å². The highest BCUT2D eigenvalue weighted by atomic mass is 32.1. The molecule has 4 rings (SSSR count). The molecule has 2 aromatic heterocycles. The number of thiophene rings is 1. The Labute approximate surface area is 188 Å². The number of nitrogens with zero attached hydrogens (tertiary/aromatic N) is 4. The molecular formula is C22H21N5O4S. The summed E-state index contributed by atoms with van der Waals surface area (Å²) in [6.07, 6.45) is 1.47. The summed E-state index contributed by atoms with van der Waals surface area (Å²) < 4.78 is 18.0. The van der Waals surface area contributed by atoms with Gasteiger partial charge in [-0.1, -0.05) is 6.07 Å². The lowest BCUT2D eigenvalue weighted by Gasteiger charge is -2.17. The van der Waals surface area contributed by atoms with Crippen LogP contribution >= 0.6 is 11.3 Å². The van der Waals surface area contributed by atoms with Crippen molar-refractivity contribution in [2.75, 3.05) is 21.3 Å². The van der Waals surface area contributed by atoms with Gasteiger partial charge in [0.25, 0.3) is 5.91 Å². The van der Waals surface area contributed by atoms with Crippen LogP contribution in [0.25, 0.3) is 16.8 Å². The molecule has 1 N–H and O–H groups in total. The number of benzene rings is 2. The summed E-state index contributed by atoms with van der Waals surface area (Å²) >= 11 is 1.59. The van der Waals surface area contributed by atoms with Crippen molar-refractivity contribution in [3.05, 3.63) is 64.6 Å². The van der Waals surface area contributed by atoms with Crippen LogP contribution in [0, 0.1) is 0 Å². The first-order valence-electron chi connectivity index (χ1n) is 9.63. The lowest BCUT2D eigenvalue weighted by molar-refractivity contribution is 0.0951. The molecule has 4 aromatic rings. The Morgan fingerprint density at radius 3 is 2.56 bits per heavy atom. The van der Waals surface area contributed by atoms with Gasteiger partial charge in [0.05, 0.1) is 33.6 Å². The Morgan fingerprint density at radius 2 is 1.91 bits per heavy atom. The lowest BCUT2D eigenvalue weighted by atomic mass is 9.99. The third kappa shape index (κ3) is 4.26. The zero-order valence-electron chi connectivity index (χ0n) is 17.7. The average molecular weight is 452 g/mol. The van der Waals surface area contributed by atoms with E-state index in [1.165, 1.54) is 11.0 Å². The van der Waals surface area contributed by atoms with Crippen LogP contribution in [-0.4, -0.2) is 47.4 Å².